The van der Waals surface area contributed by atoms with Crippen molar-refractivity contribution in [3.63, 3.8) is 0 Å². The van der Waals surface area contributed by atoms with Crippen LogP contribution in [0.3, 0.4) is 0 Å². The molecule has 0 N–H and O–H groups in total. The molecule has 27 heavy (non-hydrogen) atoms. The predicted molar refractivity (Wildman–Crippen MR) is 105 cm³/mol. The van der Waals surface area contributed by atoms with Gasteiger partial charge in [0.1, 0.15) is 12.3 Å². The molecule has 0 radical (unpaired) electrons. The summed E-state index contributed by atoms with van der Waals surface area (Å²) in [5, 5.41) is 0. The molecule has 2 unspecified atom stereocenters. The molecule has 0 aliphatic carbocycles. The fourth-order valence-corrected chi connectivity index (χ4v) is 4.01. The van der Waals surface area contributed by atoms with Gasteiger partial charge in [-0.15, -0.1) is 0 Å². The van der Waals surface area contributed by atoms with E-state index in [1.54, 1.807) is 4.90 Å². The highest BCUT2D eigenvalue weighted by atomic mass is 16.5. The van der Waals surface area contributed by atoms with Gasteiger partial charge >= 0.3 is 0 Å². The maximum atomic E-state index is 13.2. The Kier molecular flexibility index (Phi) is 4.38. The van der Waals surface area contributed by atoms with E-state index in [0.29, 0.717) is 17.9 Å². The van der Waals surface area contributed by atoms with Crippen molar-refractivity contribution in [2.75, 3.05) is 16.3 Å². The number of hydrogen-bond donors (Lipinski definition) is 0. The van der Waals surface area contributed by atoms with E-state index in [9.17, 15) is 9.59 Å². The van der Waals surface area contributed by atoms with Crippen LogP contribution in [0.1, 0.15) is 31.4 Å². The summed E-state index contributed by atoms with van der Waals surface area (Å²) < 4.78 is 5.85. The Bertz CT molecular complexity index is 908. The summed E-state index contributed by atoms with van der Waals surface area (Å²) in [6.45, 7) is 5.95. The zero-order chi connectivity index (χ0) is 19.1. The number of aryl methyl sites for hydroxylation is 1. The summed E-state index contributed by atoms with van der Waals surface area (Å²) in [7, 11) is 0. The van der Waals surface area contributed by atoms with Gasteiger partial charge in [0.05, 0.1) is 5.69 Å². The number of rotatable bonds is 3. The maximum absolute atomic E-state index is 13.2. The minimum Gasteiger partial charge on any atom is -0.478 e. The van der Waals surface area contributed by atoms with Crippen molar-refractivity contribution in [3.05, 3.63) is 53.6 Å². The quantitative estimate of drug-likeness (QED) is 0.838. The first-order chi connectivity index (χ1) is 13.0. The van der Waals surface area contributed by atoms with Gasteiger partial charge in [0, 0.05) is 11.7 Å². The monoisotopic (exact) mass is 364 g/mol. The Labute approximate surface area is 159 Å². The van der Waals surface area contributed by atoms with Crippen LogP contribution < -0.4 is 14.5 Å². The van der Waals surface area contributed by atoms with Crippen LogP contribution in [0, 0.1) is 6.92 Å². The molecule has 0 bridgehead atoms. The second kappa shape index (κ2) is 6.72. The lowest BCUT2D eigenvalue weighted by Crippen LogP contribution is -2.51. The predicted octanol–water partition coefficient (Wildman–Crippen LogP) is 3.48. The number of ether oxygens (including phenoxy) is 1. The van der Waals surface area contributed by atoms with Gasteiger partial charge in [-0.3, -0.25) is 14.5 Å². The van der Waals surface area contributed by atoms with Gasteiger partial charge in [0.25, 0.3) is 5.91 Å². The summed E-state index contributed by atoms with van der Waals surface area (Å²) in [6.07, 6.45) is 0.864. The normalized spacial score (nSPS) is 20.9. The van der Waals surface area contributed by atoms with Crippen molar-refractivity contribution >= 4 is 23.2 Å². The second-order valence-electron chi connectivity index (χ2n) is 7.36. The molecule has 4 rings (SSSR count). The third-order valence-corrected chi connectivity index (χ3v) is 5.36. The average Bonchev–Trinajstić information content (AvgIpc) is 2.99. The number of para-hydroxylation sites is 1. The van der Waals surface area contributed by atoms with Crippen molar-refractivity contribution < 1.29 is 14.3 Å². The molecular formula is C22H24N2O3. The highest BCUT2D eigenvalue weighted by Gasteiger charge is 2.37. The van der Waals surface area contributed by atoms with Gasteiger partial charge < -0.3 is 9.64 Å². The lowest BCUT2D eigenvalue weighted by molar-refractivity contribution is -0.128. The number of hydrogen-bond acceptors (Lipinski definition) is 3. The van der Waals surface area contributed by atoms with Crippen LogP contribution in [0.15, 0.2) is 42.5 Å². The fourth-order valence-electron chi connectivity index (χ4n) is 4.01. The van der Waals surface area contributed by atoms with Crippen LogP contribution in [-0.2, 0) is 16.0 Å². The van der Waals surface area contributed by atoms with Crippen molar-refractivity contribution in [2.45, 2.75) is 45.8 Å². The van der Waals surface area contributed by atoms with E-state index in [2.05, 4.69) is 6.07 Å². The van der Waals surface area contributed by atoms with Crippen molar-refractivity contribution in [1.82, 2.24) is 0 Å². The van der Waals surface area contributed by atoms with Crippen LogP contribution in [0.2, 0.25) is 0 Å². The molecule has 0 spiro atoms. The van der Waals surface area contributed by atoms with E-state index in [1.165, 1.54) is 5.56 Å². The molecule has 2 aliphatic rings. The first-order valence-corrected chi connectivity index (χ1v) is 9.48. The molecule has 0 aromatic heterocycles. The van der Waals surface area contributed by atoms with Crippen LogP contribution in [-0.4, -0.2) is 30.5 Å². The lowest BCUT2D eigenvalue weighted by Gasteiger charge is -2.35. The summed E-state index contributed by atoms with van der Waals surface area (Å²) >= 11 is 0. The Hall–Kier alpha value is -2.82. The van der Waals surface area contributed by atoms with Crippen LogP contribution in [0.4, 0.5) is 11.4 Å². The molecule has 0 fully saturated rings. The molecule has 2 aromatic rings. The van der Waals surface area contributed by atoms with Gasteiger partial charge in [0.2, 0.25) is 5.91 Å². The van der Waals surface area contributed by atoms with Crippen LogP contribution in [0.5, 0.6) is 5.75 Å². The molecular weight excluding hydrogens is 340 g/mol. The van der Waals surface area contributed by atoms with Gasteiger partial charge in [-0.2, -0.15) is 0 Å². The van der Waals surface area contributed by atoms with Gasteiger partial charge in [-0.25, -0.2) is 0 Å². The third-order valence-electron chi connectivity index (χ3n) is 5.36. The highest BCUT2D eigenvalue weighted by Crippen LogP contribution is 2.37. The summed E-state index contributed by atoms with van der Waals surface area (Å²) in [5.41, 5.74) is 3.83. The molecule has 0 saturated carbocycles. The van der Waals surface area contributed by atoms with Crippen molar-refractivity contribution in [3.8, 4) is 5.75 Å². The molecule has 2 aliphatic heterocycles. The van der Waals surface area contributed by atoms with E-state index in [0.717, 1.165) is 17.7 Å². The molecule has 2 aromatic carbocycles. The summed E-state index contributed by atoms with van der Waals surface area (Å²) in [6, 6.07) is 13.8. The lowest BCUT2D eigenvalue weighted by atomic mass is 10.1. The molecule has 5 nitrogen and oxygen atoms in total. The van der Waals surface area contributed by atoms with E-state index in [4.69, 9.17) is 4.74 Å². The number of nitrogens with zero attached hydrogens (tertiary/aromatic N) is 2. The first kappa shape index (κ1) is 17.6. The Balaban J connectivity index is 1.66. The second-order valence-corrected chi connectivity index (χ2v) is 7.36. The minimum atomic E-state index is -0.545. The van der Waals surface area contributed by atoms with Crippen molar-refractivity contribution in [2.24, 2.45) is 0 Å². The summed E-state index contributed by atoms with van der Waals surface area (Å²) in [4.78, 5) is 29.6. The van der Waals surface area contributed by atoms with Crippen LogP contribution in [0.25, 0.3) is 0 Å². The Morgan fingerprint density at radius 2 is 1.96 bits per heavy atom. The maximum Gasteiger partial charge on any atom is 0.268 e. The van der Waals surface area contributed by atoms with Crippen molar-refractivity contribution in [1.29, 1.82) is 0 Å². The molecule has 2 atom stereocenters. The third kappa shape index (κ3) is 2.97. The Morgan fingerprint density at radius 1 is 1.19 bits per heavy atom. The number of carbonyl (C=O) groups is 2. The zero-order valence-corrected chi connectivity index (χ0v) is 15.9. The minimum absolute atomic E-state index is 0.0216. The van der Waals surface area contributed by atoms with E-state index in [1.807, 2.05) is 62.1 Å². The van der Waals surface area contributed by atoms with Gasteiger partial charge in [-0.05, 0) is 56.0 Å². The highest BCUT2D eigenvalue weighted by molar-refractivity contribution is 6.07. The molecule has 2 amide bonds. The summed E-state index contributed by atoms with van der Waals surface area (Å²) in [5.74, 6) is 0.448. The van der Waals surface area contributed by atoms with E-state index < -0.39 is 6.10 Å². The van der Waals surface area contributed by atoms with E-state index >= 15 is 0 Å². The molecule has 0 saturated heterocycles. The van der Waals surface area contributed by atoms with E-state index in [-0.39, 0.29) is 24.4 Å². The smallest absolute Gasteiger partial charge is 0.268 e. The van der Waals surface area contributed by atoms with Gasteiger partial charge in [-0.1, -0.05) is 31.2 Å². The Morgan fingerprint density at radius 3 is 2.74 bits per heavy atom. The largest absolute Gasteiger partial charge is 0.478 e. The van der Waals surface area contributed by atoms with Gasteiger partial charge in [0.15, 0.2) is 6.10 Å². The average molecular weight is 364 g/mol. The number of benzene rings is 2. The van der Waals surface area contributed by atoms with Crippen LogP contribution >= 0.6 is 0 Å². The zero-order valence-electron chi connectivity index (χ0n) is 15.9. The standard InChI is InChI=1S/C22H24N2O3/c1-4-19-22(26)23(18-11-14(2)9-10-20(18)27-19)13-21(25)24-15(3)12-16-7-5-6-8-17(16)24/h5-11,15,19H,4,12-13H2,1-3H3. The molecule has 2 heterocycles. The first-order valence-electron chi connectivity index (χ1n) is 9.48. The number of anilines is 2. The number of carbonyl (C=O) groups excluding carboxylic acids is 2. The SMILES string of the molecule is CCC1Oc2ccc(C)cc2N(CC(=O)N2c3ccccc3CC2C)C1=O. The topological polar surface area (TPSA) is 49.9 Å². The molecule has 5 heteroatoms. The molecule has 140 valence electrons. The number of fused-ring (bicyclic) bond motifs is 2. The fraction of sp³-hybridized carbons (Fsp3) is 0.364. The number of amides is 2.